The van der Waals surface area contributed by atoms with E-state index >= 15 is 0 Å². The summed E-state index contributed by atoms with van der Waals surface area (Å²) in [6.45, 7) is 8.16. The molecule has 1 heterocycles. The summed E-state index contributed by atoms with van der Waals surface area (Å²) in [6.07, 6.45) is 1.73. The van der Waals surface area contributed by atoms with Gasteiger partial charge in [-0.05, 0) is 44.7 Å². The summed E-state index contributed by atoms with van der Waals surface area (Å²) in [5, 5.41) is 0. The second-order valence-electron chi connectivity index (χ2n) is 4.32. The van der Waals surface area contributed by atoms with Crippen LogP contribution in [0.4, 0.5) is 0 Å². The number of carbonyl (C=O) groups excluding carboxylic acids is 1. The smallest absolute Gasteiger partial charge is 0.355 e. The summed E-state index contributed by atoms with van der Waals surface area (Å²) >= 11 is 0. The van der Waals surface area contributed by atoms with E-state index in [1.165, 1.54) is 0 Å². The predicted octanol–water partition coefficient (Wildman–Crippen LogP) is 2.09. The zero-order valence-electron chi connectivity index (χ0n) is 11.1. The zero-order valence-corrected chi connectivity index (χ0v) is 11.1. The summed E-state index contributed by atoms with van der Waals surface area (Å²) in [4.78, 5) is 14.8. The fourth-order valence-electron chi connectivity index (χ4n) is 1.91. The molecule has 0 saturated heterocycles. The van der Waals surface area contributed by atoms with E-state index in [1.807, 2.05) is 13.8 Å². The van der Waals surface area contributed by atoms with Crippen LogP contribution in [0.3, 0.4) is 0 Å². The van der Waals surface area contributed by atoms with Crippen LogP contribution in [0.25, 0.3) is 0 Å². The Morgan fingerprint density at radius 3 is 2.59 bits per heavy atom. The van der Waals surface area contributed by atoms with Gasteiger partial charge in [-0.3, -0.25) is 0 Å². The average molecular weight is 238 g/mol. The highest BCUT2D eigenvalue weighted by Gasteiger charge is 2.19. The van der Waals surface area contributed by atoms with Gasteiger partial charge in [0.2, 0.25) is 0 Å². The van der Waals surface area contributed by atoms with Gasteiger partial charge in [-0.25, -0.2) is 4.79 Å². The SMILES string of the molecule is CCOC(=O)c1[nH]c(C)c(CC(N)CC)c1C. The van der Waals surface area contributed by atoms with E-state index in [0.29, 0.717) is 12.3 Å². The van der Waals surface area contributed by atoms with Crippen molar-refractivity contribution in [3.8, 4) is 0 Å². The minimum atomic E-state index is -0.288. The fourth-order valence-corrected chi connectivity index (χ4v) is 1.91. The molecule has 1 atom stereocenters. The largest absolute Gasteiger partial charge is 0.461 e. The summed E-state index contributed by atoms with van der Waals surface area (Å²) < 4.78 is 5.01. The molecule has 0 fully saturated rings. The molecule has 1 aromatic heterocycles. The van der Waals surface area contributed by atoms with Crippen molar-refractivity contribution in [3.63, 3.8) is 0 Å². The van der Waals surface area contributed by atoms with Crippen LogP contribution in [0.15, 0.2) is 0 Å². The van der Waals surface area contributed by atoms with E-state index in [4.69, 9.17) is 10.5 Å². The number of esters is 1. The third kappa shape index (κ3) is 3.09. The molecule has 0 aliphatic rings. The molecule has 0 aliphatic heterocycles. The molecule has 17 heavy (non-hydrogen) atoms. The number of hydrogen-bond donors (Lipinski definition) is 2. The molecule has 1 aromatic rings. The maximum absolute atomic E-state index is 11.7. The van der Waals surface area contributed by atoms with E-state index in [2.05, 4.69) is 11.9 Å². The maximum Gasteiger partial charge on any atom is 0.355 e. The molecule has 96 valence electrons. The number of H-pyrrole nitrogens is 1. The molecule has 0 spiro atoms. The van der Waals surface area contributed by atoms with Gasteiger partial charge in [0.25, 0.3) is 0 Å². The van der Waals surface area contributed by atoms with Gasteiger partial charge >= 0.3 is 5.97 Å². The first-order chi connectivity index (χ1) is 8.01. The number of nitrogens with two attached hydrogens (primary N) is 1. The summed E-state index contributed by atoms with van der Waals surface area (Å²) in [7, 11) is 0. The van der Waals surface area contributed by atoms with Crippen LogP contribution in [0.2, 0.25) is 0 Å². The quantitative estimate of drug-likeness (QED) is 0.772. The van der Waals surface area contributed by atoms with Crippen molar-refractivity contribution < 1.29 is 9.53 Å². The number of aromatic amines is 1. The first-order valence-corrected chi connectivity index (χ1v) is 6.11. The molecule has 4 nitrogen and oxygen atoms in total. The van der Waals surface area contributed by atoms with Gasteiger partial charge in [-0.15, -0.1) is 0 Å². The second kappa shape index (κ2) is 5.87. The lowest BCUT2D eigenvalue weighted by Crippen LogP contribution is -2.22. The molecule has 0 aromatic carbocycles. The van der Waals surface area contributed by atoms with Crippen LogP contribution in [0, 0.1) is 13.8 Å². The van der Waals surface area contributed by atoms with Gasteiger partial charge in [-0.2, -0.15) is 0 Å². The Morgan fingerprint density at radius 2 is 2.06 bits per heavy atom. The standard InChI is InChI=1S/C13H22N2O2/c1-5-10(14)7-11-8(3)12(15-9(11)4)13(16)17-6-2/h10,15H,5-7,14H2,1-4H3. The Labute approximate surface area is 103 Å². The van der Waals surface area contributed by atoms with Crippen molar-refractivity contribution in [3.05, 3.63) is 22.5 Å². The Hall–Kier alpha value is -1.29. The normalized spacial score (nSPS) is 12.5. The Balaban J connectivity index is 2.97. The molecular formula is C13H22N2O2. The Bertz CT molecular complexity index is 396. The molecular weight excluding hydrogens is 216 g/mol. The fraction of sp³-hybridized carbons (Fsp3) is 0.615. The summed E-state index contributed by atoms with van der Waals surface area (Å²) in [6, 6.07) is 0.137. The number of ether oxygens (including phenoxy) is 1. The van der Waals surface area contributed by atoms with Crippen LogP contribution in [0.1, 0.15) is 47.6 Å². The van der Waals surface area contributed by atoms with Gasteiger partial charge in [0.05, 0.1) is 6.61 Å². The number of aromatic nitrogens is 1. The predicted molar refractivity (Wildman–Crippen MR) is 68.2 cm³/mol. The van der Waals surface area contributed by atoms with E-state index in [1.54, 1.807) is 6.92 Å². The summed E-state index contributed by atoms with van der Waals surface area (Å²) in [5.74, 6) is -0.288. The Kier molecular flexibility index (Phi) is 4.75. The lowest BCUT2D eigenvalue weighted by Gasteiger charge is -2.09. The first-order valence-electron chi connectivity index (χ1n) is 6.11. The zero-order chi connectivity index (χ0) is 13.0. The van der Waals surface area contributed by atoms with Gasteiger partial charge < -0.3 is 15.5 Å². The molecule has 1 unspecified atom stereocenters. The molecule has 3 N–H and O–H groups in total. The summed E-state index contributed by atoms with van der Waals surface area (Å²) in [5.41, 5.74) is 9.63. The molecule has 0 bridgehead atoms. The monoisotopic (exact) mass is 238 g/mol. The molecule has 0 aliphatic carbocycles. The minimum Gasteiger partial charge on any atom is -0.461 e. The van der Waals surface area contributed by atoms with Crippen molar-refractivity contribution in [2.75, 3.05) is 6.61 Å². The number of rotatable bonds is 5. The lowest BCUT2D eigenvalue weighted by atomic mass is 10.0. The third-order valence-electron chi connectivity index (χ3n) is 3.06. The van der Waals surface area contributed by atoms with Crippen molar-refractivity contribution >= 4 is 5.97 Å². The number of aryl methyl sites for hydroxylation is 1. The van der Waals surface area contributed by atoms with Crippen LogP contribution in [-0.4, -0.2) is 23.6 Å². The van der Waals surface area contributed by atoms with E-state index in [9.17, 15) is 4.79 Å². The van der Waals surface area contributed by atoms with E-state index in [0.717, 1.165) is 29.7 Å². The van der Waals surface area contributed by atoms with E-state index < -0.39 is 0 Å². The second-order valence-corrected chi connectivity index (χ2v) is 4.32. The Morgan fingerprint density at radius 1 is 1.41 bits per heavy atom. The van der Waals surface area contributed by atoms with Gasteiger partial charge in [-0.1, -0.05) is 6.92 Å². The highest BCUT2D eigenvalue weighted by molar-refractivity contribution is 5.89. The van der Waals surface area contributed by atoms with Crippen molar-refractivity contribution in [1.29, 1.82) is 0 Å². The van der Waals surface area contributed by atoms with Crippen LogP contribution >= 0.6 is 0 Å². The van der Waals surface area contributed by atoms with Gasteiger partial charge in [0.15, 0.2) is 0 Å². The number of hydrogen-bond acceptors (Lipinski definition) is 3. The molecule has 0 saturated carbocycles. The highest BCUT2D eigenvalue weighted by atomic mass is 16.5. The van der Waals surface area contributed by atoms with Crippen molar-refractivity contribution in [2.45, 2.75) is 46.6 Å². The van der Waals surface area contributed by atoms with E-state index in [-0.39, 0.29) is 12.0 Å². The van der Waals surface area contributed by atoms with Gasteiger partial charge in [0.1, 0.15) is 5.69 Å². The lowest BCUT2D eigenvalue weighted by molar-refractivity contribution is 0.0519. The maximum atomic E-state index is 11.7. The van der Waals surface area contributed by atoms with Crippen molar-refractivity contribution in [2.24, 2.45) is 5.73 Å². The van der Waals surface area contributed by atoms with Gasteiger partial charge in [0, 0.05) is 11.7 Å². The highest BCUT2D eigenvalue weighted by Crippen LogP contribution is 2.20. The van der Waals surface area contributed by atoms with Crippen LogP contribution in [-0.2, 0) is 11.2 Å². The molecule has 4 heteroatoms. The minimum absolute atomic E-state index is 0.137. The topological polar surface area (TPSA) is 68.1 Å². The number of carbonyl (C=O) groups is 1. The molecule has 0 amide bonds. The number of nitrogens with one attached hydrogen (secondary N) is 1. The first kappa shape index (κ1) is 13.8. The van der Waals surface area contributed by atoms with Crippen molar-refractivity contribution in [1.82, 2.24) is 4.98 Å². The van der Waals surface area contributed by atoms with Crippen LogP contribution < -0.4 is 5.73 Å². The molecule has 1 rings (SSSR count). The molecule has 0 radical (unpaired) electrons. The third-order valence-corrected chi connectivity index (χ3v) is 3.06. The average Bonchev–Trinajstić information content (AvgIpc) is 2.57. The van der Waals surface area contributed by atoms with Crippen LogP contribution in [0.5, 0.6) is 0 Å².